The number of hydrogen-bond acceptors (Lipinski definition) is 2. The van der Waals surface area contributed by atoms with Crippen molar-refractivity contribution >= 4 is 43.6 Å². The summed E-state index contributed by atoms with van der Waals surface area (Å²) < 4.78 is 1.88. The number of halogens is 2. The van der Waals surface area contributed by atoms with E-state index in [1.807, 2.05) is 32.0 Å². The van der Waals surface area contributed by atoms with E-state index >= 15 is 0 Å². The van der Waals surface area contributed by atoms with Crippen molar-refractivity contribution in [3.8, 4) is 0 Å². The van der Waals surface area contributed by atoms with Crippen LogP contribution in [-0.2, 0) is 0 Å². The Morgan fingerprint density at radius 2 is 1.89 bits per heavy atom. The molecule has 0 spiro atoms. The first-order valence-electron chi connectivity index (χ1n) is 5.68. The second-order valence-electron chi connectivity index (χ2n) is 4.18. The first-order chi connectivity index (χ1) is 8.97. The predicted molar refractivity (Wildman–Crippen MR) is 83.5 cm³/mol. The molecule has 0 unspecified atom stereocenters. The fraction of sp³-hybridized carbons (Fsp3) is 0.143. The van der Waals surface area contributed by atoms with Crippen molar-refractivity contribution in [2.75, 3.05) is 5.32 Å². The molecule has 0 aliphatic carbocycles. The van der Waals surface area contributed by atoms with E-state index in [2.05, 4.69) is 42.2 Å². The molecule has 0 radical (unpaired) electrons. The number of aromatic nitrogens is 1. The molecular formula is C14H12Br2N2O. The minimum absolute atomic E-state index is 0.153. The molecule has 0 saturated carbocycles. The van der Waals surface area contributed by atoms with Crippen LogP contribution in [0.25, 0.3) is 0 Å². The molecule has 0 atom stereocenters. The van der Waals surface area contributed by atoms with E-state index in [4.69, 9.17) is 0 Å². The highest BCUT2D eigenvalue weighted by Crippen LogP contribution is 2.19. The predicted octanol–water partition coefficient (Wildman–Crippen LogP) is 4.48. The summed E-state index contributed by atoms with van der Waals surface area (Å²) in [5.74, 6) is 0.396. The minimum atomic E-state index is -0.153. The Morgan fingerprint density at radius 3 is 2.53 bits per heavy atom. The molecule has 98 valence electrons. The fourth-order valence-corrected chi connectivity index (χ4v) is 2.38. The number of carbonyl (C=O) groups excluding carboxylic acids is 1. The number of carbonyl (C=O) groups is 1. The Balaban J connectivity index is 2.23. The number of anilines is 1. The quantitative estimate of drug-likeness (QED) is 0.830. The zero-order chi connectivity index (χ0) is 14.0. The monoisotopic (exact) mass is 382 g/mol. The average molecular weight is 384 g/mol. The van der Waals surface area contributed by atoms with Crippen LogP contribution in [0.3, 0.4) is 0 Å². The molecule has 0 aliphatic heterocycles. The first kappa shape index (κ1) is 14.2. The minimum Gasteiger partial charge on any atom is -0.307 e. The molecule has 0 fully saturated rings. The van der Waals surface area contributed by atoms with E-state index in [0.717, 1.165) is 20.2 Å². The van der Waals surface area contributed by atoms with Crippen molar-refractivity contribution in [3.63, 3.8) is 0 Å². The Kier molecular flexibility index (Phi) is 4.37. The van der Waals surface area contributed by atoms with E-state index < -0.39 is 0 Å². The molecule has 2 rings (SSSR count). The Labute approximate surface area is 128 Å². The summed E-state index contributed by atoms with van der Waals surface area (Å²) in [6.07, 6.45) is 0. The average Bonchev–Trinajstić information content (AvgIpc) is 2.33. The normalized spacial score (nSPS) is 10.3. The Bertz CT molecular complexity index is 641. The summed E-state index contributed by atoms with van der Waals surface area (Å²) in [7, 11) is 0. The van der Waals surface area contributed by atoms with Crippen LogP contribution in [0.15, 0.2) is 39.3 Å². The van der Waals surface area contributed by atoms with Crippen molar-refractivity contribution < 1.29 is 4.79 Å². The van der Waals surface area contributed by atoms with Gasteiger partial charge in [-0.15, -0.1) is 0 Å². The van der Waals surface area contributed by atoms with Crippen molar-refractivity contribution in [1.82, 2.24) is 4.98 Å². The van der Waals surface area contributed by atoms with Crippen molar-refractivity contribution in [2.24, 2.45) is 0 Å². The highest BCUT2D eigenvalue weighted by atomic mass is 79.9. The topological polar surface area (TPSA) is 42.0 Å². The molecular weight excluding hydrogens is 372 g/mol. The van der Waals surface area contributed by atoms with Gasteiger partial charge in [0.05, 0.1) is 5.69 Å². The summed E-state index contributed by atoms with van der Waals surface area (Å²) in [6.45, 7) is 3.78. The molecule has 0 saturated heterocycles. The van der Waals surface area contributed by atoms with Gasteiger partial charge in [-0.25, -0.2) is 4.98 Å². The number of benzene rings is 1. The lowest BCUT2D eigenvalue weighted by Gasteiger charge is -2.08. The van der Waals surface area contributed by atoms with Crippen LogP contribution in [0.1, 0.15) is 21.6 Å². The lowest BCUT2D eigenvalue weighted by molar-refractivity contribution is 0.102. The van der Waals surface area contributed by atoms with Crippen molar-refractivity contribution in [2.45, 2.75) is 13.8 Å². The van der Waals surface area contributed by atoms with Crippen LogP contribution in [0.5, 0.6) is 0 Å². The number of aryl methyl sites for hydroxylation is 2. The molecule has 19 heavy (non-hydrogen) atoms. The lowest BCUT2D eigenvalue weighted by atomic mass is 10.1. The SMILES string of the molecule is Cc1cc(Br)ccc1C(=O)Nc1ccc(Br)c(C)n1. The first-order valence-corrected chi connectivity index (χ1v) is 7.26. The molecule has 5 heteroatoms. The molecule has 1 N–H and O–H groups in total. The second-order valence-corrected chi connectivity index (χ2v) is 5.95. The van der Waals surface area contributed by atoms with Crippen LogP contribution < -0.4 is 5.32 Å². The van der Waals surface area contributed by atoms with Gasteiger partial charge < -0.3 is 5.32 Å². The molecule has 0 aliphatic rings. The van der Waals surface area contributed by atoms with Gasteiger partial charge in [0.25, 0.3) is 5.91 Å². The number of rotatable bonds is 2. The van der Waals surface area contributed by atoms with E-state index in [0.29, 0.717) is 11.4 Å². The van der Waals surface area contributed by atoms with E-state index in [1.54, 1.807) is 12.1 Å². The molecule has 1 heterocycles. The number of nitrogens with one attached hydrogen (secondary N) is 1. The van der Waals surface area contributed by atoms with Crippen LogP contribution in [0.2, 0.25) is 0 Å². The molecule has 0 bridgehead atoms. The fourth-order valence-electron chi connectivity index (χ4n) is 1.68. The maximum absolute atomic E-state index is 12.2. The number of nitrogens with zero attached hydrogens (tertiary/aromatic N) is 1. The number of hydrogen-bond donors (Lipinski definition) is 1. The zero-order valence-electron chi connectivity index (χ0n) is 10.5. The van der Waals surface area contributed by atoms with Gasteiger partial charge in [0.15, 0.2) is 0 Å². The third-order valence-electron chi connectivity index (χ3n) is 2.70. The van der Waals surface area contributed by atoms with Crippen LogP contribution >= 0.6 is 31.9 Å². The van der Waals surface area contributed by atoms with E-state index in [-0.39, 0.29) is 5.91 Å². The number of amides is 1. The Morgan fingerprint density at radius 1 is 1.16 bits per heavy atom. The summed E-state index contributed by atoms with van der Waals surface area (Å²) >= 11 is 6.76. The van der Waals surface area contributed by atoms with Gasteiger partial charge in [-0.3, -0.25) is 4.79 Å². The van der Waals surface area contributed by atoms with Gasteiger partial charge in [-0.2, -0.15) is 0 Å². The van der Waals surface area contributed by atoms with Gasteiger partial charge in [0.2, 0.25) is 0 Å². The van der Waals surface area contributed by atoms with Gasteiger partial charge in [-0.1, -0.05) is 15.9 Å². The Hall–Kier alpha value is -1.20. The van der Waals surface area contributed by atoms with Gasteiger partial charge in [0, 0.05) is 14.5 Å². The van der Waals surface area contributed by atoms with Gasteiger partial charge >= 0.3 is 0 Å². The third kappa shape index (κ3) is 3.42. The lowest BCUT2D eigenvalue weighted by Crippen LogP contribution is -2.14. The molecule has 1 amide bonds. The molecule has 1 aromatic heterocycles. The maximum Gasteiger partial charge on any atom is 0.257 e. The summed E-state index contributed by atoms with van der Waals surface area (Å²) in [5, 5.41) is 2.80. The van der Waals surface area contributed by atoms with E-state index in [1.165, 1.54) is 0 Å². The highest BCUT2D eigenvalue weighted by Gasteiger charge is 2.10. The van der Waals surface area contributed by atoms with Crippen LogP contribution in [-0.4, -0.2) is 10.9 Å². The molecule has 3 nitrogen and oxygen atoms in total. The maximum atomic E-state index is 12.2. The summed E-state index contributed by atoms with van der Waals surface area (Å²) in [5.41, 5.74) is 2.40. The van der Waals surface area contributed by atoms with Crippen molar-refractivity contribution in [3.05, 3.63) is 56.1 Å². The van der Waals surface area contributed by atoms with Gasteiger partial charge in [-0.05, 0) is 65.7 Å². The molecule has 2 aromatic rings. The smallest absolute Gasteiger partial charge is 0.257 e. The third-order valence-corrected chi connectivity index (χ3v) is 4.03. The largest absolute Gasteiger partial charge is 0.307 e. The van der Waals surface area contributed by atoms with E-state index in [9.17, 15) is 4.79 Å². The summed E-state index contributed by atoms with van der Waals surface area (Å²) in [6, 6.07) is 9.19. The highest BCUT2D eigenvalue weighted by molar-refractivity contribution is 9.10. The van der Waals surface area contributed by atoms with Crippen LogP contribution in [0.4, 0.5) is 5.82 Å². The number of pyridine rings is 1. The second kappa shape index (κ2) is 5.84. The molecule has 1 aromatic carbocycles. The standard InChI is InChI=1S/C14H12Br2N2O/c1-8-7-10(15)3-4-11(8)14(19)18-13-6-5-12(16)9(2)17-13/h3-7H,1-2H3,(H,17,18,19). The van der Waals surface area contributed by atoms with Crippen LogP contribution in [0, 0.1) is 13.8 Å². The van der Waals surface area contributed by atoms with Gasteiger partial charge in [0.1, 0.15) is 5.82 Å². The zero-order valence-corrected chi connectivity index (χ0v) is 13.7. The summed E-state index contributed by atoms with van der Waals surface area (Å²) in [4.78, 5) is 16.5. The van der Waals surface area contributed by atoms with Crippen molar-refractivity contribution in [1.29, 1.82) is 0 Å².